The summed E-state index contributed by atoms with van der Waals surface area (Å²) in [6.07, 6.45) is 0. The van der Waals surface area contributed by atoms with Crippen molar-refractivity contribution in [3.63, 3.8) is 0 Å². The van der Waals surface area contributed by atoms with Crippen LogP contribution in [0, 0.1) is 5.41 Å². The van der Waals surface area contributed by atoms with Crippen LogP contribution < -0.4 is 11.1 Å². The first kappa shape index (κ1) is 14.1. The number of carboxylic acids is 1. The van der Waals surface area contributed by atoms with Crippen LogP contribution in [0.4, 0.5) is 0 Å². The van der Waals surface area contributed by atoms with E-state index in [2.05, 4.69) is 15.5 Å². The average molecular weight is 256 g/mol. The first-order valence-corrected chi connectivity index (χ1v) is 5.31. The Bertz CT molecular complexity index is 449. The molecular weight excluding hydrogens is 240 g/mol. The second-order valence-corrected chi connectivity index (χ2v) is 4.87. The Hall–Kier alpha value is -1.96. The number of amides is 1. The van der Waals surface area contributed by atoms with E-state index < -0.39 is 17.9 Å². The zero-order chi connectivity index (χ0) is 13.9. The Morgan fingerprint density at radius 3 is 2.50 bits per heavy atom. The number of carbonyl (C=O) groups is 2. The van der Waals surface area contributed by atoms with Gasteiger partial charge < -0.3 is 20.6 Å². The molecule has 1 rings (SSSR count). The third-order valence-electron chi connectivity index (χ3n) is 2.28. The number of aromatic nitrogens is 2. The minimum absolute atomic E-state index is 0.0156. The standard InChI is InChI=1S/C10H16N4O4/c1-10(2,3)6(11)7(15)12-4-5-13-14-8(18-5)9(16)17/h6H,4,11H2,1-3H3,(H,12,15)(H,16,17). The summed E-state index contributed by atoms with van der Waals surface area (Å²) in [4.78, 5) is 22.1. The van der Waals surface area contributed by atoms with E-state index in [1.807, 2.05) is 20.8 Å². The summed E-state index contributed by atoms with van der Waals surface area (Å²) in [7, 11) is 0. The Labute approximate surface area is 104 Å². The van der Waals surface area contributed by atoms with E-state index in [1.165, 1.54) is 0 Å². The molecule has 1 aromatic heterocycles. The highest BCUT2D eigenvalue weighted by Gasteiger charge is 2.27. The van der Waals surface area contributed by atoms with Crippen LogP contribution in [0.2, 0.25) is 0 Å². The van der Waals surface area contributed by atoms with E-state index in [4.69, 9.17) is 15.3 Å². The lowest BCUT2D eigenvalue weighted by Crippen LogP contribution is -2.48. The van der Waals surface area contributed by atoms with Gasteiger partial charge in [-0.3, -0.25) is 4.79 Å². The molecule has 0 fully saturated rings. The van der Waals surface area contributed by atoms with Crippen LogP contribution in [0.25, 0.3) is 0 Å². The third-order valence-corrected chi connectivity index (χ3v) is 2.28. The van der Waals surface area contributed by atoms with Gasteiger partial charge in [0.05, 0.1) is 12.6 Å². The van der Waals surface area contributed by atoms with Gasteiger partial charge in [-0.15, -0.1) is 10.2 Å². The van der Waals surface area contributed by atoms with Gasteiger partial charge in [0.1, 0.15) is 0 Å². The van der Waals surface area contributed by atoms with Crippen LogP contribution in [0.5, 0.6) is 0 Å². The van der Waals surface area contributed by atoms with Gasteiger partial charge >= 0.3 is 11.9 Å². The molecule has 8 nitrogen and oxygen atoms in total. The molecule has 1 amide bonds. The molecule has 0 aromatic carbocycles. The second-order valence-electron chi connectivity index (χ2n) is 4.87. The number of nitrogens with one attached hydrogen (secondary N) is 1. The molecule has 1 heterocycles. The van der Waals surface area contributed by atoms with Crippen molar-refractivity contribution in [2.75, 3.05) is 0 Å². The lowest BCUT2D eigenvalue weighted by molar-refractivity contribution is -0.124. The van der Waals surface area contributed by atoms with Crippen LogP contribution >= 0.6 is 0 Å². The number of carboxylic acid groups (broad SMARTS) is 1. The molecule has 18 heavy (non-hydrogen) atoms. The number of rotatable bonds is 4. The molecule has 0 radical (unpaired) electrons. The lowest BCUT2D eigenvalue weighted by atomic mass is 9.87. The van der Waals surface area contributed by atoms with Crippen molar-refractivity contribution < 1.29 is 19.1 Å². The van der Waals surface area contributed by atoms with E-state index in [0.29, 0.717) is 0 Å². The van der Waals surface area contributed by atoms with Crippen molar-refractivity contribution >= 4 is 11.9 Å². The van der Waals surface area contributed by atoms with Crippen LogP contribution in [0.15, 0.2) is 4.42 Å². The maximum atomic E-state index is 11.7. The smallest absolute Gasteiger partial charge is 0.393 e. The predicted molar refractivity (Wildman–Crippen MR) is 60.5 cm³/mol. The van der Waals surface area contributed by atoms with Gasteiger partial charge in [-0.1, -0.05) is 20.8 Å². The molecule has 1 atom stereocenters. The second kappa shape index (κ2) is 5.13. The zero-order valence-electron chi connectivity index (χ0n) is 10.4. The molecule has 4 N–H and O–H groups in total. The topological polar surface area (TPSA) is 131 Å². The first-order valence-electron chi connectivity index (χ1n) is 5.31. The van der Waals surface area contributed by atoms with Gasteiger partial charge in [-0.05, 0) is 5.41 Å². The summed E-state index contributed by atoms with van der Waals surface area (Å²) in [6, 6.07) is -0.681. The number of hydrogen-bond donors (Lipinski definition) is 3. The van der Waals surface area contributed by atoms with Crippen molar-refractivity contribution in [1.29, 1.82) is 0 Å². The van der Waals surface area contributed by atoms with Gasteiger partial charge in [-0.25, -0.2) is 4.79 Å². The van der Waals surface area contributed by atoms with Crippen LogP contribution in [-0.2, 0) is 11.3 Å². The third kappa shape index (κ3) is 3.52. The fourth-order valence-electron chi connectivity index (χ4n) is 1.08. The highest BCUT2D eigenvalue weighted by molar-refractivity contribution is 5.82. The number of nitrogens with zero attached hydrogens (tertiary/aromatic N) is 2. The van der Waals surface area contributed by atoms with Gasteiger partial charge in [0.2, 0.25) is 11.8 Å². The zero-order valence-corrected chi connectivity index (χ0v) is 10.4. The highest BCUT2D eigenvalue weighted by Crippen LogP contribution is 2.17. The molecule has 0 aliphatic rings. The summed E-state index contributed by atoms with van der Waals surface area (Å²) in [5.74, 6) is -2.18. The summed E-state index contributed by atoms with van der Waals surface area (Å²) in [6.45, 7) is 5.47. The number of hydrogen-bond acceptors (Lipinski definition) is 6. The highest BCUT2D eigenvalue weighted by atomic mass is 16.4. The summed E-state index contributed by atoms with van der Waals surface area (Å²) in [5.41, 5.74) is 5.37. The monoisotopic (exact) mass is 256 g/mol. The van der Waals surface area contributed by atoms with Crippen LogP contribution in [-0.4, -0.2) is 33.2 Å². The van der Waals surface area contributed by atoms with Crippen molar-refractivity contribution in [1.82, 2.24) is 15.5 Å². The van der Waals surface area contributed by atoms with E-state index in [9.17, 15) is 9.59 Å². The summed E-state index contributed by atoms with van der Waals surface area (Å²) >= 11 is 0. The minimum atomic E-state index is -1.31. The van der Waals surface area contributed by atoms with Gasteiger partial charge in [0, 0.05) is 0 Å². The molecule has 1 unspecified atom stereocenters. The predicted octanol–water partition coefficient (Wildman–Crippen LogP) is -0.243. The first-order chi connectivity index (χ1) is 8.21. The molecule has 0 bridgehead atoms. The van der Waals surface area contributed by atoms with Crippen LogP contribution in [0.1, 0.15) is 37.3 Å². The van der Waals surface area contributed by atoms with Gasteiger partial charge in [0.25, 0.3) is 0 Å². The fraction of sp³-hybridized carbons (Fsp3) is 0.600. The molecule has 0 aliphatic heterocycles. The Morgan fingerprint density at radius 2 is 2.06 bits per heavy atom. The number of aromatic carboxylic acids is 1. The molecule has 0 saturated carbocycles. The molecule has 0 aliphatic carbocycles. The molecular formula is C10H16N4O4. The maximum absolute atomic E-state index is 11.7. The van der Waals surface area contributed by atoms with Gasteiger partial charge in [-0.2, -0.15) is 0 Å². The quantitative estimate of drug-likeness (QED) is 0.677. The molecule has 0 saturated heterocycles. The van der Waals surface area contributed by atoms with Crippen LogP contribution in [0.3, 0.4) is 0 Å². The molecule has 0 spiro atoms. The maximum Gasteiger partial charge on any atom is 0.393 e. The Morgan fingerprint density at radius 1 is 1.44 bits per heavy atom. The van der Waals surface area contributed by atoms with E-state index in [-0.39, 0.29) is 23.8 Å². The molecule has 1 aromatic rings. The average Bonchev–Trinajstić information content (AvgIpc) is 2.72. The Balaban J connectivity index is 2.55. The van der Waals surface area contributed by atoms with Crippen molar-refractivity contribution in [2.45, 2.75) is 33.4 Å². The fourth-order valence-corrected chi connectivity index (χ4v) is 1.08. The van der Waals surface area contributed by atoms with E-state index >= 15 is 0 Å². The number of carbonyl (C=O) groups excluding carboxylic acids is 1. The summed E-state index contributed by atoms with van der Waals surface area (Å²) < 4.78 is 4.78. The summed E-state index contributed by atoms with van der Waals surface area (Å²) in [5, 5.41) is 17.8. The van der Waals surface area contributed by atoms with E-state index in [1.54, 1.807) is 0 Å². The largest absolute Gasteiger partial charge is 0.474 e. The lowest BCUT2D eigenvalue weighted by Gasteiger charge is -2.25. The normalized spacial score (nSPS) is 13.1. The number of nitrogens with two attached hydrogens (primary N) is 1. The Kier molecular flexibility index (Phi) is 4.02. The SMILES string of the molecule is CC(C)(C)C(N)C(=O)NCc1nnc(C(=O)O)o1. The molecule has 8 heteroatoms. The van der Waals surface area contributed by atoms with Gasteiger partial charge in [0.15, 0.2) is 0 Å². The van der Waals surface area contributed by atoms with Crippen molar-refractivity contribution in [3.05, 3.63) is 11.8 Å². The van der Waals surface area contributed by atoms with Crippen molar-refractivity contribution in [2.24, 2.45) is 11.1 Å². The molecule has 100 valence electrons. The van der Waals surface area contributed by atoms with Crippen molar-refractivity contribution in [3.8, 4) is 0 Å². The van der Waals surface area contributed by atoms with E-state index in [0.717, 1.165) is 0 Å². The minimum Gasteiger partial charge on any atom is -0.474 e.